The summed E-state index contributed by atoms with van der Waals surface area (Å²) in [6, 6.07) is 11.4. The number of aromatic nitrogens is 2. The number of ether oxygens (including phenoxy) is 1. The van der Waals surface area contributed by atoms with Crippen LogP contribution in [0.15, 0.2) is 59.7 Å². The van der Waals surface area contributed by atoms with Crippen LogP contribution in [-0.2, 0) is 6.42 Å². The van der Waals surface area contributed by atoms with Crippen LogP contribution in [0.5, 0.6) is 5.75 Å². The highest BCUT2D eigenvalue weighted by Gasteiger charge is 2.34. The molecule has 1 atom stereocenters. The second-order valence-electron chi connectivity index (χ2n) is 6.49. The Labute approximate surface area is 157 Å². The zero-order valence-corrected chi connectivity index (χ0v) is 15.1. The summed E-state index contributed by atoms with van der Waals surface area (Å²) in [5.41, 5.74) is 2.44. The van der Waals surface area contributed by atoms with Gasteiger partial charge >= 0.3 is 0 Å². The number of hydrogen-bond donors (Lipinski definition) is 1. The molecule has 0 bridgehead atoms. The van der Waals surface area contributed by atoms with Crippen molar-refractivity contribution in [3.05, 3.63) is 72.3 Å². The van der Waals surface area contributed by atoms with E-state index >= 15 is 0 Å². The first-order chi connectivity index (χ1) is 13.2. The molecule has 0 saturated heterocycles. The Morgan fingerprint density at radius 3 is 2.81 bits per heavy atom. The van der Waals surface area contributed by atoms with Crippen molar-refractivity contribution < 1.29 is 13.9 Å². The summed E-state index contributed by atoms with van der Waals surface area (Å²) < 4.78 is 12.6. The van der Waals surface area contributed by atoms with Crippen molar-refractivity contribution in [3.8, 4) is 11.4 Å². The van der Waals surface area contributed by atoms with E-state index in [0.717, 1.165) is 22.9 Å². The second-order valence-corrected chi connectivity index (χ2v) is 6.49. The summed E-state index contributed by atoms with van der Waals surface area (Å²) in [5, 5.41) is 7.88. The van der Waals surface area contributed by atoms with Gasteiger partial charge in [0.1, 0.15) is 11.5 Å². The third-order valence-corrected chi connectivity index (χ3v) is 4.81. The van der Waals surface area contributed by atoms with Crippen LogP contribution in [0.2, 0.25) is 0 Å². The summed E-state index contributed by atoms with van der Waals surface area (Å²) in [4.78, 5) is 12.9. The standard InChI is InChI=1S/C21H21N3O3/c1-3-10-22-21-20-17(12-14(13-18(20)25)19-5-4-11-27-19)24(23-21)15-6-8-16(26-2)9-7-15/h3-9,11,14H,1,10,12-13H2,2H3,(H,22,23). The van der Waals surface area contributed by atoms with Gasteiger partial charge in [-0.05, 0) is 36.4 Å². The summed E-state index contributed by atoms with van der Waals surface area (Å²) >= 11 is 0. The van der Waals surface area contributed by atoms with E-state index in [9.17, 15) is 4.79 Å². The van der Waals surface area contributed by atoms with Crippen LogP contribution in [0, 0.1) is 0 Å². The lowest BCUT2D eigenvalue weighted by atomic mass is 9.85. The molecule has 0 spiro atoms. The normalized spacial score (nSPS) is 16.0. The van der Waals surface area contributed by atoms with Crippen molar-refractivity contribution >= 4 is 11.6 Å². The average Bonchev–Trinajstić information content (AvgIpc) is 3.35. The minimum Gasteiger partial charge on any atom is -0.497 e. The minimum atomic E-state index is 0.0148. The SMILES string of the molecule is C=CCNc1nn(-c2ccc(OC)cc2)c2c1C(=O)CC(c1ccco1)C2. The number of nitrogens with zero attached hydrogens (tertiary/aromatic N) is 2. The number of fused-ring (bicyclic) bond motifs is 1. The lowest BCUT2D eigenvalue weighted by Gasteiger charge is -2.21. The quantitative estimate of drug-likeness (QED) is 0.671. The highest BCUT2D eigenvalue weighted by atomic mass is 16.5. The maximum atomic E-state index is 12.9. The average molecular weight is 363 g/mol. The van der Waals surface area contributed by atoms with Crippen LogP contribution >= 0.6 is 0 Å². The van der Waals surface area contributed by atoms with Crippen LogP contribution in [0.1, 0.15) is 34.2 Å². The Morgan fingerprint density at radius 2 is 2.15 bits per heavy atom. The molecule has 1 aliphatic carbocycles. The zero-order chi connectivity index (χ0) is 18.8. The number of ketones is 1. The number of anilines is 1. The molecular formula is C21H21N3O3. The Morgan fingerprint density at radius 1 is 1.33 bits per heavy atom. The van der Waals surface area contributed by atoms with Crippen LogP contribution in [0.25, 0.3) is 5.69 Å². The van der Waals surface area contributed by atoms with Gasteiger partial charge in [0.15, 0.2) is 11.6 Å². The number of furan rings is 1. The van der Waals surface area contributed by atoms with Gasteiger partial charge in [-0.3, -0.25) is 4.79 Å². The van der Waals surface area contributed by atoms with E-state index < -0.39 is 0 Å². The fourth-order valence-electron chi connectivity index (χ4n) is 3.52. The lowest BCUT2D eigenvalue weighted by molar-refractivity contribution is 0.0960. The van der Waals surface area contributed by atoms with Crippen molar-refractivity contribution in [2.24, 2.45) is 0 Å². The molecule has 2 aromatic heterocycles. The van der Waals surface area contributed by atoms with E-state index in [1.807, 2.05) is 41.1 Å². The summed E-state index contributed by atoms with van der Waals surface area (Å²) in [5.74, 6) is 2.29. The zero-order valence-electron chi connectivity index (χ0n) is 15.1. The molecule has 0 radical (unpaired) electrons. The number of Topliss-reactive ketones (excluding diaryl/α,β-unsaturated/α-hetero) is 1. The first-order valence-electron chi connectivity index (χ1n) is 8.89. The monoisotopic (exact) mass is 363 g/mol. The molecule has 1 aromatic carbocycles. The predicted octanol–water partition coefficient (Wildman–Crippen LogP) is 3.98. The molecular weight excluding hydrogens is 342 g/mol. The van der Waals surface area contributed by atoms with Gasteiger partial charge in [-0.1, -0.05) is 6.08 Å². The molecule has 6 nitrogen and oxygen atoms in total. The number of rotatable bonds is 6. The van der Waals surface area contributed by atoms with Crippen molar-refractivity contribution in [1.29, 1.82) is 0 Å². The molecule has 27 heavy (non-hydrogen) atoms. The first kappa shape index (κ1) is 17.1. The molecule has 138 valence electrons. The van der Waals surface area contributed by atoms with E-state index in [0.29, 0.717) is 30.8 Å². The largest absolute Gasteiger partial charge is 0.497 e. The molecule has 4 rings (SSSR count). The van der Waals surface area contributed by atoms with E-state index in [2.05, 4.69) is 17.0 Å². The molecule has 0 aliphatic heterocycles. The molecule has 6 heteroatoms. The Hall–Kier alpha value is -3.28. The second kappa shape index (κ2) is 7.15. The molecule has 1 aliphatic rings. The number of methoxy groups -OCH3 is 1. The van der Waals surface area contributed by atoms with Gasteiger partial charge in [-0.2, -0.15) is 0 Å². The number of nitrogens with one attached hydrogen (secondary N) is 1. The topological polar surface area (TPSA) is 69.3 Å². The van der Waals surface area contributed by atoms with Crippen molar-refractivity contribution in [3.63, 3.8) is 0 Å². The summed E-state index contributed by atoms with van der Waals surface area (Å²) in [6.07, 6.45) is 4.49. The van der Waals surface area contributed by atoms with Crippen molar-refractivity contribution in [1.82, 2.24) is 9.78 Å². The number of carbonyl (C=O) groups excluding carboxylic acids is 1. The van der Waals surface area contributed by atoms with Crippen LogP contribution < -0.4 is 10.1 Å². The summed E-state index contributed by atoms with van der Waals surface area (Å²) in [7, 11) is 1.63. The van der Waals surface area contributed by atoms with E-state index in [4.69, 9.17) is 9.15 Å². The van der Waals surface area contributed by atoms with Gasteiger partial charge in [0, 0.05) is 25.3 Å². The Balaban J connectivity index is 1.79. The Kier molecular flexibility index (Phi) is 4.54. The lowest BCUT2D eigenvalue weighted by Crippen LogP contribution is -2.20. The maximum Gasteiger partial charge on any atom is 0.169 e. The molecule has 0 saturated carbocycles. The number of hydrogen-bond acceptors (Lipinski definition) is 5. The van der Waals surface area contributed by atoms with Gasteiger partial charge in [-0.25, -0.2) is 4.68 Å². The third kappa shape index (κ3) is 3.14. The van der Waals surface area contributed by atoms with Gasteiger partial charge in [0.05, 0.1) is 30.3 Å². The van der Waals surface area contributed by atoms with Crippen LogP contribution in [-0.4, -0.2) is 29.2 Å². The Bertz CT molecular complexity index is 955. The van der Waals surface area contributed by atoms with Gasteiger partial charge in [0.2, 0.25) is 0 Å². The van der Waals surface area contributed by atoms with E-state index in [-0.39, 0.29) is 11.7 Å². The fourth-order valence-corrected chi connectivity index (χ4v) is 3.52. The molecule has 0 amide bonds. The first-order valence-corrected chi connectivity index (χ1v) is 8.89. The highest BCUT2D eigenvalue weighted by Crippen LogP contribution is 2.37. The predicted molar refractivity (Wildman–Crippen MR) is 103 cm³/mol. The van der Waals surface area contributed by atoms with Crippen molar-refractivity contribution in [2.75, 3.05) is 19.0 Å². The molecule has 1 unspecified atom stereocenters. The van der Waals surface area contributed by atoms with Gasteiger partial charge in [0.25, 0.3) is 0 Å². The summed E-state index contributed by atoms with van der Waals surface area (Å²) in [6.45, 7) is 4.27. The minimum absolute atomic E-state index is 0.0148. The van der Waals surface area contributed by atoms with E-state index in [1.165, 1.54) is 0 Å². The van der Waals surface area contributed by atoms with Crippen LogP contribution in [0.3, 0.4) is 0 Å². The van der Waals surface area contributed by atoms with E-state index in [1.54, 1.807) is 19.4 Å². The third-order valence-electron chi connectivity index (χ3n) is 4.81. The van der Waals surface area contributed by atoms with Gasteiger partial charge in [-0.15, -0.1) is 11.7 Å². The van der Waals surface area contributed by atoms with Gasteiger partial charge < -0.3 is 14.5 Å². The highest BCUT2D eigenvalue weighted by molar-refractivity contribution is 6.03. The maximum absolute atomic E-state index is 12.9. The molecule has 2 heterocycles. The molecule has 3 aromatic rings. The molecule has 0 fully saturated rings. The number of carbonyl (C=O) groups is 1. The number of benzene rings is 1. The molecule has 1 N–H and O–H groups in total. The fraction of sp³-hybridized carbons (Fsp3) is 0.238. The van der Waals surface area contributed by atoms with Crippen LogP contribution in [0.4, 0.5) is 5.82 Å². The van der Waals surface area contributed by atoms with Crippen molar-refractivity contribution in [2.45, 2.75) is 18.8 Å². The smallest absolute Gasteiger partial charge is 0.169 e.